The minimum absolute atomic E-state index is 0.222. The van der Waals surface area contributed by atoms with Gasteiger partial charge in [-0.3, -0.25) is 9.59 Å². The van der Waals surface area contributed by atoms with Crippen molar-refractivity contribution in [1.29, 1.82) is 0 Å². The van der Waals surface area contributed by atoms with Gasteiger partial charge < -0.3 is 10.1 Å². The van der Waals surface area contributed by atoms with E-state index in [1.54, 1.807) is 28.9 Å². The van der Waals surface area contributed by atoms with E-state index in [0.29, 0.717) is 22.9 Å². The third-order valence-corrected chi connectivity index (χ3v) is 4.79. The zero-order valence-corrected chi connectivity index (χ0v) is 17.9. The molecular weight excluding hydrogens is 406 g/mol. The Hall–Kier alpha value is -4.20. The molecule has 8 nitrogen and oxygen atoms in total. The molecule has 32 heavy (non-hydrogen) atoms. The van der Waals surface area contributed by atoms with Gasteiger partial charge in [-0.1, -0.05) is 30.3 Å². The summed E-state index contributed by atoms with van der Waals surface area (Å²) in [5.74, 6) is 1.35. The van der Waals surface area contributed by atoms with Gasteiger partial charge >= 0.3 is 0 Å². The maximum Gasteiger partial charge on any atom is 0.266 e. The number of hydrogen-bond donors (Lipinski definition) is 1. The molecule has 0 bridgehead atoms. The molecule has 0 saturated heterocycles. The molecule has 0 fully saturated rings. The van der Waals surface area contributed by atoms with Crippen molar-refractivity contribution < 1.29 is 9.53 Å². The van der Waals surface area contributed by atoms with Crippen molar-refractivity contribution in [2.45, 2.75) is 20.4 Å². The van der Waals surface area contributed by atoms with Gasteiger partial charge in [-0.05, 0) is 50.2 Å². The van der Waals surface area contributed by atoms with Crippen LogP contribution in [0.3, 0.4) is 0 Å². The van der Waals surface area contributed by atoms with Crippen LogP contribution in [0.4, 0.5) is 0 Å². The van der Waals surface area contributed by atoms with E-state index in [4.69, 9.17) is 4.74 Å². The van der Waals surface area contributed by atoms with Crippen LogP contribution in [0.15, 0.2) is 77.6 Å². The SMILES string of the molecule is Cc1cc(C)n(-c2ccc(=O)n(CCNC(=O)c3ccccc3Oc3ccccc3)n2)n1. The lowest BCUT2D eigenvalue weighted by atomic mass is 10.2. The number of amides is 1. The fourth-order valence-corrected chi connectivity index (χ4v) is 3.30. The van der Waals surface area contributed by atoms with Gasteiger partial charge in [0, 0.05) is 18.3 Å². The second-order valence-corrected chi connectivity index (χ2v) is 7.26. The van der Waals surface area contributed by atoms with Crippen molar-refractivity contribution in [3.63, 3.8) is 0 Å². The minimum Gasteiger partial charge on any atom is -0.457 e. The lowest BCUT2D eigenvalue weighted by Crippen LogP contribution is -2.32. The smallest absolute Gasteiger partial charge is 0.266 e. The highest BCUT2D eigenvalue weighted by atomic mass is 16.5. The number of carbonyl (C=O) groups excluding carboxylic acids is 1. The Labute approximate surface area is 185 Å². The van der Waals surface area contributed by atoms with Crippen LogP contribution in [-0.2, 0) is 6.54 Å². The van der Waals surface area contributed by atoms with E-state index >= 15 is 0 Å². The lowest BCUT2D eigenvalue weighted by Gasteiger charge is -2.12. The molecule has 4 aromatic rings. The van der Waals surface area contributed by atoms with E-state index in [1.807, 2.05) is 56.3 Å². The predicted molar refractivity (Wildman–Crippen MR) is 120 cm³/mol. The summed E-state index contributed by atoms with van der Waals surface area (Å²) in [5, 5.41) is 11.6. The summed E-state index contributed by atoms with van der Waals surface area (Å²) in [6, 6.07) is 21.3. The van der Waals surface area contributed by atoms with Crippen LogP contribution in [0.5, 0.6) is 11.5 Å². The summed E-state index contributed by atoms with van der Waals surface area (Å²) < 4.78 is 8.85. The average Bonchev–Trinajstić information content (AvgIpc) is 3.14. The van der Waals surface area contributed by atoms with E-state index < -0.39 is 0 Å². The summed E-state index contributed by atoms with van der Waals surface area (Å²) >= 11 is 0. The van der Waals surface area contributed by atoms with Crippen LogP contribution >= 0.6 is 0 Å². The molecule has 0 radical (unpaired) electrons. The summed E-state index contributed by atoms with van der Waals surface area (Å²) in [7, 11) is 0. The Balaban J connectivity index is 1.44. The van der Waals surface area contributed by atoms with Crippen molar-refractivity contribution in [1.82, 2.24) is 24.9 Å². The number of carbonyl (C=O) groups is 1. The van der Waals surface area contributed by atoms with E-state index in [2.05, 4.69) is 15.5 Å². The van der Waals surface area contributed by atoms with Crippen LogP contribution in [-0.4, -0.2) is 32.0 Å². The zero-order valence-electron chi connectivity index (χ0n) is 17.9. The van der Waals surface area contributed by atoms with E-state index in [-0.39, 0.29) is 24.6 Å². The second-order valence-electron chi connectivity index (χ2n) is 7.26. The van der Waals surface area contributed by atoms with Crippen LogP contribution in [0.2, 0.25) is 0 Å². The average molecular weight is 429 g/mol. The molecule has 2 heterocycles. The maximum atomic E-state index is 12.8. The third-order valence-electron chi connectivity index (χ3n) is 4.79. The number of aryl methyl sites for hydroxylation is 2. The first-order valence-electron chi connectivity index (χ1n) is 10.2. The second kappa shape index (κ2) is 9.30. The molecule has 0 aliphatic rings. The van der Waals surface area contributed by atoms with Crippen LogP contribution in [0.1, 0.15) is 21.7 Å². The summed E-state index contributed by atoms with van der Waals surface area (Å²) in [6.45, 7) is 4.27. The first-order valence-corrected chi connectivity index (χ1v) is 10.2. The molecule has 0 unspecified atom stereocenters. The van der Waals surface area contributed by atoms with Crippen LogP contribution in [0, 0.1) is 13.8 Å². The Morgan fingerprint density at radius 1 is 0.969 bits per heavy atom. The predicted octanol–water partition coefficient (Wildman–Crippen LogP) is 3.27. The van der Waals surface area contributed by atoms with Crippen molar-refractivity contribution in [2.24, 2.45) is 0 Å². The Morgan fingerprint density at radius 2 is 1.72 bits per heavy atom. The van der Waals surface area contributed by atoms with Gasteiger partial charge in [0.25, 0.3) is 11.5 Å². The molecule has 0 aliphatic heterocycles. The number of hydrogen-bond acceptors (Lipinski definition) is 5. The molecule has 1 amide bonds. The fraction of sp³-hybridized carbons (Fsp3) is 0.167. The van der Waals surface area contributed by atoms with Gasteiger partial charge in [-0.2, -0.15) is 5.10 Å². The largest absolute Gasteiger partial charge is 0.457 e. The standard InChI is InChI=1S/C24H23N5O3/c1-17-16-18(2)29(26-17)22-12-13-23(30)28(27-22)15-14-25-24(31)20-10-6-7-11-21(20)32-19-8-4-3-5-9-19/h3-13,16H,14-15H2,1-2H3,(H,25,31). The van der Waals surface area contributed by atoms with Crippen molar-refractivity contribution in [3.05, 3.63) is 100 Å². The molecule has 2 aromatic carbocycles. The van der Waals surface area contributed by atoms with E-state index in [9.17, 15) is 9.59 Å². The first-order chi connectivity index (χ1) is 15.5. The maximum absolute atomic E-state index is 12.8. The highest BCUT2D eigenvalue weighted by Crippen LogP contribution is 2.24. The molecule has 8 heteroatoms. The molecule has 0 saturated carbocycles. The van der Waals surface area contributed by atoms with Gasteiger partial charge in [-0.25, -0.2) is 9.36 Å². The topological polar surface area (TPSA) is 91.0 Å². The quantitative estimate of drug-likeness (QED) is 0.487. The molecule has 0 aliphatic carbocycles. The molecule has 1 N–H and O–H groups in total. The number of ether oxygens (including phenoxy) is 1. The summed E-state index contributed by atoms with van der Waals surface area (Å²) in [6.07, 6.45) is 0. The van der Waals surface area contributed by atoms with Crippen LogP contribution in [0.25, 0.3) is 5.82 Å². The van der Waals surface area contributed by atoms with Gasteiger partial charge in [-0.15, -0.1) is 5.10 Å². The molecule has 0 atom stereocenters. The van der Waals surface area contributed by atoms with Crippen LogP contribution < -0.4 is 15.6 Å². The molecule has 162 valence electrons. The molecule has 0 spiro atoms. The number of aromatic nitrogens is 4. The van der Waals surface area contributed by atoms with Gasteiger partial charge in [0.1, 0.15) is 11.5 Å². The first kappa shape index (κ1) is 21.0. The lowest BCUT2D eigenvalue weighted by molar-refractivity contribution is 0.0949. The Kier molecular flexibility index (Phi) is 6.12. The number of rotatable bonds is 7. The summed E-state index contributed by atoms with van der Waals surface area (Å²) in [4.78, 5) is 25.0. The van der Waals surface area contributed by atoms with Gasteiger partial charge in [0.2, 0.25) is 0 Å². The van der Waals surface area contributed by atoms with Crippen molar-refractivity contribution in [2.75, 3.05) is 6.54 Å². The van der Waals surface area contributed by atoms with Crippen molar-refractivity contribution in [3.8, 4) is 17.3 Å². The van der Waals surface area contributed by atoms with Gasteiger partial charge in [0.15, 0.2) is 5.82 Å². The Bertz CT molecular complexity index is 1290. The minimum atomic E-state index is -0.292. The fourth-order valence-electron chi connectivity index (χ4n) is 3.30. The highest BCUT2D eigenvalue weighted by molar-refractivity contribution is 5.97. The molecule has 2 aromatic heterocycles. The van der Waals surface area contributed by atoms with Crippen molar-refractivity contribution >= 4 is 5.91 Å². The number of nitrogens with zero attached hydrogens (tertiary/aromatic N) is 4. The summed E-state index contributed by atoms with van der Waals surface area (Å²) in [5.41, 5.74) is 1.94. The monoisotopic (exact) mass is 429 g/mol. The molecular formula is C24H23N5O3. The Morgan fingerprint density at radius 3 is 2.47 bits per heavy atom. The number of benzene rings is 2. The molecule has 4 rings (SSSR count). The van der Waals surface area contributed by atoms with E-state index in [1.165, 1.54) is 10.7 Å². The normalized spacial score (nSPS) is 10.7. The number of para-hydroxylation sites is 2. The third kappa shape index (κ3) is 4.75. The van der Waals surface area contributed by atoms with E-state index in [0.717, 1.165) is 11.4 Å². The highest BCUT2D eigenvalue weighted by Gasteiger charge is 2.13. The zero-order chi connectivity index (χ0) is 22.5. The van der Waals surface area contributed by atoms with Gasteiger partial charge in [0.05, 0.1) is 17.8 Å². The number of nitrogens with one attached hydrogen (secondary N) is 1.